The topological polar surface area (TPSA) is 46.3 Å². The molecule has 96 valence electrons. The highest BCUT2D eigenvalue weighted by Crippen LogP contribution is 2.16. The summed E-state index contributed by atoms with van der Waals surface area (Å²) in [6.07, 6.45) is 8.13. The van der Waals surface area contributed by atoms with Crippen molar-refractivity contribution in [3.8, 4) is 0 Å². The average molecular weight is 253 g/mol. The number of likely N-dealkylation sites (N-methyl/N-ethyl adjacent to an activating group) is 1. The van der Waals surface area contributed by atoms with Crippen LogP contribution in [-0.2, 0) is 6.42 Å². The fourth-order valence-electron chi connectivity index (χ4n) is 2.07. The predicted molar refractivity (Wildman–Crippen MR) is 74.2 cm³/mol. The zero-order valence-corrected chi connectivity index (χ0v) is 10.8. The van der Waals surface area contributed by atoms with Gasteiger partial charge >= 0.3 is 0 Å². The second-order valence-corrected chi connectivity index (χ2v) is 4.40. The molecule has 0 spiro atoms. The van der Waals surface area contributed by atoms with E-state index in [1.165, 1.54) is 0 Å². The third-order valence-corrected chi connectivity index (χ3v) is 3.10. The van der Waals surface area contributed by atoms with Gasteiger partial charge in [0, 0.05) is 44.3 Å². The Morgan fingerprint density at radius 1 is 1.11 bits per heavy atom. The largest absolute Gasteiger partial charge is 0.358 e. The SMILES string of the molecule is CN(CCc1ccccn1)c1nccn2nccc12. The molecule has 0 aromatic carbocycles. The van der Waals surface area contributed by atoms with E-state index < -0.39 is 0 Å². The van der Waals surface area contributed by atoms with Gasteiger partial charge in [-0.1, -0.05) is 6.07 Å². The molecule has 3 rings (SSSR count). The predicted octanol–water partition coefficient (Wildman–Crippen LogP) is 1.80. The highest BCUT2D eigenvalue weighted by atomic mass is 15.3. The second kappa shape index (κ2) is 5.06. The van der Waals surface area contributed by atoms with E-state index in [9.17, 15) is 0 Å². The van der Waals surface area contributed by atoms with Crippen LogP contribution in [0.1, 0.15) is 5.69 Å². The standard InChI is InChI=1S/C14H15N5/c1-18(10-6-12-4-2-3-7-15-12)14-13-5-8-17-19(13)11-9-16-14/h2-5,7-9,11H,6,10H2,1H3. The minimum Gasteiger partial charge on any atom is -0.358 e. The summed E-state index contributed by atoms with van der Waals surface area (Å²) in [4.78, 5) is 10.9. The van der Waals surface area contributed by atoms with Crippen molar-refractivity contribution in [2.45, 2.75) is 6.42 Å². The minimum absolute atomic E-state index is 0.870. The highest BCUT2D eigenvalue weighted by molar-refractivity contribution is 5.67. The van der Waals surface area contributed by atoms with Crippen LogP contribution in [0.4, 0.5) is 5.82 Å². The summed E-state index contributed by atoms with van der Waals surface area (Å²) >= 11 is 0. The number of pyridine rings is 1. The van der Waals surface area contributed by atoms with Crippen LogP contribution in [-0.4, -0.2) is 33.2 Å². The lowest BCUT2D eigenvalue weighted by atomic mass is 10.2. The third-order valence-electron chi connectivity index (χ3n) is 3.10. The molecule has 0 saturated heterocycles. The Bertz CT molecular complexity index is 662. The molecule has 0 saturated carbocycles. The van der Waals surface area contributed by atoms with Crippen LogP contribution in [0.15, 0.2) is 49.1 Å². The monoisotopic (exact) mass is 253 g/mol. The molecular formula is C14H15N5. The second-order valence-electron chi connectivity index (χ2n) is 4.40. The normalized spacial score (nSPS) is 10.8. The molecule has 3 aromatic heterocycles. The van der Waals surface area contributed by atoms with Crippen LogP contribution < -0.4 is 4.90 Å². The first-order valence-electron chi connectivity index (χ1n) is 6.24. The van der Waals surface area contributed by atoms with Gasteiger partial charge in [0.2, 0.25) is 0 Å². The number of hydrogen-bond donors (Lipinski definition) is 0. The molecule has 3 aromatic rings. The van der Waals surface area contributed by atoms with Crippen LogP contribution in [0.2, 0.25) is 0 Å². The van der Waals surface area contributed by atoms with E-state index in [4.69, 9.17) is 0 Å². The van der Waals surface area contributed by atoms with E-state index in [-0.39, 0.29) is 0 Å². The molecule has 0 aliphatic carbocycles. The molecule has 5 nitrogen and oxygen atoms in total. The molecule has 0 bridgehead atoms. The summed E-state index contributed by atoms with van der Waals surface area (Å²) in [5.74, 6) is 0.941. The molecule has 0 aliphatic heterocycles. The number of nitrogens with zero attached hydrogens (tertiary/aromatic N) is 5. The molecule has 0 fully saturated rings. The number of hydrogen-bond acceptors (Lipinski definition) is 4. The van der Waals surface area contributed by atoms with E-state index in [2.05, 4.69) is 20.0 Å². The van der Waals surface area contributed by atoms with Crippen molar-refractivity contribution in [2.24, 2.45) is 0 Å². The lowest BCUT2D eigenvalue weighted by Gasteiger charge is -2.18. The zero-order chi connectivity index (χ0) is 13.1. The van der Waals surface area contributed by atoms with Crippen LogP contribution in [0.3, 0.4) is 0 Å². The number of fused-ring (bicyclic) bond motifs is 1. The van der Waals surface area contributed by atoms with E-state index in [1.807, 2.05) is 48.2 Å². The third kappa shape index (κ3) is 2.40. The molecule has 19 heavy (non-hydrogen) atoms. The van der Waals surface area contributed by atoms with Gasteiger partial charge in [-0.2, -0.15) is 5.10 Å². The van der Waals surface area contributed by atoms with Crippen molar-refractivity contribution in [3.63, 3.8) is 0 Å². The number of anilines is 1. The summed E-state index contributed by atoms with van der Waals surface area (Å²) in [5.41, 5.74) is 2.11. The van der Waals surface area contributed by atoms with Gasteiger partial charge in [0.25, 0.3) is 0 Å². The summed E-state index contributed by atoms with van der Waals surface area (Å²) in [6.45, 7) is 0.870. The first kappa shape index (κ1) is 11.6. The molecule has 0 atom stereocenters. The molecule has 0 unspecified atom stereocenters. The molecule has 0 N–H and O–H groups in total. The van der Waals surface area contributed by atoms with Crippen molar-refractivity contribution < 1.29 is 0 Å². The molecular weight excluding hydrogens is 238 g/mol. The maximum absolute atomic E-state index is 4.44. The van der Waals surface area contributed by atoms with Crippen molar-refractivity contribution in [1.29, 1.82) is 0 Å². The van der Waals surface area contributed by atoms with Gasteiger partial charge in [0.1, 0.15) is 5.52 Å². The average Bonchev–Trinajstić information content (AvgIpc) is 2.94. The van der Waals surface area contributed by atoms with Crippen LogP contribution in [0, 0.1) is 0 Å². The Hall–Kier alpha value is -2.43. The number of rotatable bonds is 4. The smallest absolute Gasteiger partial charge is 0.154 e. The Balaban J connectivity index is 1.77. The van der Waals surface area contributed by atoms with Gasteiger partial charge in [0.15, 0.2) is 5.82 Å². The van der Waals surface area contributed by atoms with Crippen LogP contribution in [0.5, 0.6) is 0 Å². The maximum atomic E-state index is 4.44. The van der Waals surface area contributed by atoms with Crippen molar-refractivity contribution in [2.75, 3.05) is 18.5 Å². The van der Waals surface area contributed by atoms with E-state index in [1.54, 1.807) is 12.4 Å². The quantitative estimate of drug-likeness (QED) is 0.711. The first-order valence-corrected chi connectivity index (χ1v) is 6.24. The molecule has 0 aliphatic rings. The lowest BCUT2D eigenvalue weighted by Crippen LogP contribution is -2.22. The fraction of sp³-hybridized carbons (Fsp3) is 0.214. The van der Waals surface area contributed by atoms with E-state index in [0.29, 0.717) is 0 Å². The maximum Gasteiger partial charge on any atom is 0.154 e. The lowest BCUT2D eigenvalue weighted by molar-refractivity contribution is 0.832. The fourth-order valence-corrected chi connectivity index (χ4v) is 2.07. The van der Waals surface area contributed by atoms with Gasteiger partial charge in [-0.25, -0.2) is 9.50 Å². The van der Waals surface area contributed by atoms with Gasteiger partial charge in [-0.15, -0.1) is 0 Å². The summed E-state index contributed by atoms with van der Waals surface area (Å²) in [5, 5.41) is 4.22. The van der Waals surface area contributed by atoms with Crippen molar-refractivity contribution >= 4 is 11.3 Å². The van der Waals surface area contributed by atoms with Crippen molar-refractivity contribution in [3.05, 3.63) is 54.7 Å². The minimum atomic E-state index is 0.870. The van der Waals surface area contributed by atoms with Gasteiger partial charge in [0.05, 0.1) is 6.20 Å². The van der Waals surface area contributed by atoms with Gasteiger partial charge in [-0.05, 0) is 18.2 Å². The van der Waals surface area contributed by atoms with Crippen molar-refractivity contribution in [1.82, 2.24) is 19.6 Å². The van der Waals surface area contributed by atoms with E-state index >= 15 is 0 Å². The van der Waals surface area contributed by atoms with Crippen LogP contribution in [0.25, 0.3) is 5.52 Å². The molecule has 0 radical (unpaired) electrons. The van der Waals surface area contributed by atoms with E-state index in [0.717, 1.165) is 30.0 Å². The molecule has 5 heteroatoms. The number of aromatic nitrogens is 4. The Kier molecular flexibility index (Phi) is 3.10. The summed E-state index contributed by atoms with van der Waals surface area (Å²) in [7, 11) is 2.04. The van der Waals surface area contributed by atoms with Gasteiger partial charge in [-0.3, -0.25) is 4.98 Å². The van der Waals surface area contributed by atoms with Gasteiger partial charge < -0.3 is 4.90 Å². The first-order chi connectivity index (χ1) is 9.34. The Labute approximate surface area is 111 Å². The summed E-state index contributed by atoms with van der Waals surface area (Å²) in [6, 6.07) is 7.96. The zero-order valence-electron chi connectivity index (χ0n) is 10.8. The Morgan fingerprint density at radius 2 is 2.05 bits per heavy atom. The summed E-state index contributed by atoms with van der Waals surface area (Å²) < 4.78 is 1.83. The Morgan fingerprint density at radius 3 is 2.89 bits per heavy atom. The molecule has 3 heterocycles. The molecule has 0 amide bonds. The highest BCUT2D eigenvalue weighted by Gasteiger charge is 2.08. The van der Waals surface area contributed by atoms with Crippen LogP contribution >= 0.6 is 0 Å².